The minimum absolute atomic E-state index is 0.612. The second-order valence-corrected chi connectivity index (χ2v) is 12.7. The van der Waals surface area contributed by atoms with Crippen LogP contribution in [0.4, 0.5) is 0 Å². The highest BCUT2D eigenvalue weighted by molar-refractivity contribution is 6.17. The van der Waals surface area contributed by atoms with Gasteiger partial charge in [0.15, 0.2) is 0 Å². The van der Waals surface area contributed by atoms with Crippen LogP contribution in [0.1, 0.15) is 74.6 Å². The quantitative estimate of drug-likeness (QED) is 0.186. The molecule has 0 amide bonds. The molecule has 0 aliphatic heterocycles. The maximum Gasteiger partial charge on any atom is 0.104 e. The Hall–Kier alpha value is -1.43. The van der Waals surface area contributed by atoms with Crippen LogP contribution in [0.2, 0.25) is 0 Å². The minimum Gasteiger partial charge on any atom is -0.324 e. The normalized spacial score (nSPS) is 13.0. The van der Waals surface area contributed by atoms with Crippen LogP contribution in [0.25, 0.3) is 0 Å². The zero-order valence-electron chi connectivity index (χ0n) is 27.6. The minimum atomic E-state index is 0.612. The van der Waals surface area contributed by atoms with Crippen LogP contribution in [0.15, 0.2) is 48.5 Å². The van der Waals surface area contributed by atoms with Gasteiger partial charge in [0.05, 0.1) is 20.6 Å². The molecule has 0 aliphatic carbocycles. The molecular formula is C34H62ClN4+. The third kappa shape index (κ3) is 18.5. The number of nitrogens with zero attached hydrogens (tertiary/aromatic N) is 4. The molecule has 4 nitrogen and oxygen atoms in total. The van der Waals surface area contributed by atoms with E-state index in [0.29, 0.717) is 17.7 Å². The van der Waals surface area contributed by atoms with Gasteiger partial charge in [-0.05, 0) is 83.7 Å². The van der Waals surface area contributed by atoms with E-state index in [1.807, 2.05) is 0 Å². The Morgan fingerprint density at radius 3 is 1.28 bits per heavy atom. The third-order valence-electron chi connectivity index (χ3n) is 7.23. The summed E-state index contributed by atoms with van der Waals surface area (Å²) in [5.41, 5.74) is 5.51. The second kappa shape index (κ2) is 20.4. The molecule has 2 rings (SSSR count). The summed E-state index contributed by atoms with van der Waals surface area (Å²) in [5.74, 6) is 1.94. The van der Waals surface area contributed by atoms with Crippen molar-refractivity contribution in [2.75, 3.05) is 82.6 Å². The highest BCUT2D eigenvalue weighted by atomic mass is 35.5. The molecule has 0 heterocycles. The first-order valence-corrected chi connectivity index (χ1v) is 15.3. The summed E-state index contributed by atoms with van der Waals surface area (Å²) in [5, 5.41) is 0. The lowest BCUT2D eigenvalue weighted by atomic mass is 9.97. The molecule has 0 aromatic heterocycles. The fraction of sp³-hybridized carbons (Fsp3) is 0.647. The van der Waals surface area contributed by atoms with Crippen LogP contribution < -0.4 is 0 Å². The van der Waals surface area contributed by atoms with Gasteiger partial charge in [0.1, 0.15) is 6.54 Å². The molecule has 0 saturated heterocycles. The van der Waals surface area contributed by atoms with Gasteiger partial charge in [-0.1, -0.05) is 76.2 Å². The summed E-state index contributed by atoms with van der Waals surface area (Å²) in [6, 6.07) is 17.8. The number of halogens is 1. The number of hydrogen-bond donors (Lipinski definition) is 0. The van der Waals surface area contributed by atoms with Crippen molar-refractivity contribution in [1.29, 1.82) is 0 Å². The highest BCUT2D eigenvalue weighted by Crippen LogP contribution is 2.20. The summed E-state index contributed by atoms with van der Waals surface area (Å²) < 4.78 is 1.04. The molecule has 2 atom stereocenters. The van der Waals surface area contributed by atoms with E-state index in [0.717, 1.165) is 30.7 Å². The van der Waals surface area contributed by atoms with Crippen molar-refractivity contribution in [2.45, 2.75) is 64.8 Å². The Balaban J connectivity index is 0.000000616. The van der Waals surface area contributed by atoms with Crippen LogP contribution in [0.3, 0.4) is 0 Å². The summed E-state index contributed by atoms with van der Waals surface area (Å²) in [7, 11) is 17.3. The number of likely N-dealkylation sites (N-methyl/N-ethyl adjacent to an activating group) is 4. The Morgan fingerprint density at radius 1 is 0.615 bits per heavy atom. The summed E-state index contributed by atoms with van der Waals surface area (Å²) >= 11 is 5.69. The van der Waals surface area contributed by atoms with E-state index in [1.54, 1.807) is 0 Å². The number of alkyl halides is 1. The van der Waals surface area contributed by atoms with E-state index >= 15 is 0 Å². The predicted molar refractivity (Wildman–Crippen MR) is 176 cm³/mol. The molecule has 0 N–H and O–H groups in total. The molecule has 0 fully saturated rings. The van der Waals surface area contributed by atoms with Crippen LogP contribution in [-0.2, 0) is 12.4 Å². The smallest absolute Gasteiger partial charge is 0.104 e. The Labute approximate surface area is 248 Å². The van der Waals surface area contributed by atoms with Crippen LogP contribution in [0, 0.1) is 0 Å². The van der Waals surface area contributed by atoms with Gasteiger partial charge in [-0.2, -0.15) is 0 Å². The lowest BCUT2D eigenvalue weighted by molar-refractivity contribution is -0.903. The van der Waals surface area contributed by atoms with E-state index in [1.165, 1.54) is 41.6 Å². The summed E-state index contributed by atoms with van der Waals surface area (Å²) in [6.45, 7) is 14.7. The van der Waals surface area contributed by atoms with Gasteiger partial charge in [0.25, 0.3) is 0 Å². The molecule has 0 bridgehead atoms. The SMILES string of the molecule is CCC(C)c1ccc(CCl)cc1.CCC(C)c1ccc(C[N+](C)(C)CCN(C)C)cc1.CN(C)CCN(C)C. The van der Waals surface area contributed by atoms with Crippen molar-refractivity contribution in [3.63, 3.8) is 0 Å². The molecule has 0 aliphatic rings. The molecular weight excluding hydrogens is 500 g/mol. The van der Waals surface area contributed by atoms with Gasteiger partial charge in [-0.3, -0.25) is 0 Å². The Morgan fingerprint density at radius 2 is 0.974 bits per heavy atom. The van der Waals surface area contributed by atoms with Crippen LogP contribution >= 0.6 is 11.6 Å². The maximum atomic E-state index is 5.69. The Bertz CT molecular complexity index is 837. The summed E-state index contributed by atoms with van der Waals surface area (Å²) in [4.78, 5) is 6.62. The fourth-order valence-corrected chi connectivity index (χ4v) is 3.98. The molecule has 5 heteroatoms. The first kappa shape index (κ1) is 37.6. The molecule has 0 radical (unpaired) electrons. The monoisotopic (exact) mass is 561 g/mol. The maximum absolute atomic E-state index is 5.69. The predicted octanol–water partition coefficient (Wildman–Crippen LogP) is 7.39. The molecule has 2 aromatic rings. The zero-order chi connectivity index (χ0) is 30.0. The van der Waals surface area contributed by atoms with E-state index < -0.39 is 0 Å². The molecule has 39 heavy (non-hydrogen) atoms. The van der Waals surface area contributed by atoms with Crippen molar-refractivity contribution < 1.29 is 4.48 Å². The van der Waals surface area contributed by atoms with Crippen molar-refractivity contribution >= 4 is 11.6 Å². The standard InChI is InChI=1S/C17H31N2.C11H15Cl.C6H16N2/c1-7-15(2)17-10-8-16(9-11-17)14-19(5,6)13-12-18(3)4;1-3-9(2)11-6-4-10(8-12)5-7-11;1-7(2)5-6-8(3)4/h8-11,15H,7,12-14H2,1-6H3;4-7,9H,3,8H2,1-2H3;5-6H2,1-4H3/q+1;;. The van der Waals surface area contributed by atoms with Crippen molar-refractivity contribution in [3.05, 3.63) is 70.8 Å². The van der Waals surface area contributed by atoms with Gasteiger partial charge in [0.2, 0.25) is 0 Å². The molecule has 2 aromatic carbocycles. The van der Waals surface area contributed by atoms with Crippen molar-refractivity contribution in [1.82, 2.24) is 14.7 Å². The molecule has 0 spiro atoms. The number of hydrogen-bond acceptors (Lipinski definition) is 3. The van der Waals surface area contributed by atoms with Crippen LogP contribution in [0.5, 0.6) is 0 Å². The second-order valence-electron chi connectivity index (χ2n) is 12.5. The Kier molecular flexibility index (Phi) is 19.7. The zero-order valence-corrected chi connectivity index (χ0v) is 28.4. The first-order chi connectivity index (χ1) is 18.2. The van der Waals surface area contributed by atoms with Gasteiger partial charge in [0, 0.05) is 31.1 Å². The van der Waals surface area contributed by atoms with E-state index in [-0.39, 0.29) is 0 Å². The highest BCUT2D eigenvalue weighted by Gasteiger charge is 2.16. The first-order valence-electron chi connectivity index (χ1n) is 14.7. The van der Waals surface area contributed by atoms with Crippen molar-refractivity contribution in [3.8, 4) is 0 Å². The molecule has 2 unspecified atom stereocenters. The average Bonchev–Trinajstić information content (AvgIpc) is 2.91. The molecule has 224 valence electrons. The average molecular weight is 562 g/mol. The largest absolute Gasteiger partial charge is 0.324 e. The number of rotatable bonds is 13. The van der Waals surface area contributed by atoms with Gasteiger partial charge < -0.3 is 19.2 Å². The number of quaternary nitrogens is 1. The lowest BCUT2D eigenvalue weighted by Crippen LogP contribution is -2.43. The summed E-state index contributed by atoms with van der Waals surface area (Å²) in [6.07, 6.45) is 2.41. The molecule has 0 saturated carbocycles. The van der Waals surface area contributed by atoms with Crippen molar-refractivity contribution in [2.24, 2.45) is 0 Å². The fourth-order valence-electron chi connectivity index (χ4n) is 3.80. The van der Waals surface area contributed by atoms with Gasteiger partial charge in [-0.25, -0.2) is 0 Å². The number of benzene rings is 2. The van der Waals surface area contributed by atoms with Gasteiger partial charge >= 0.3 is 0 Å². The van der Waals surface area contributed by atoms with E-state index in [2.05, 4.69) is 147 Å². The topological polar surface area (TPSA) is 9.72 Å². The third-order valence-corrected chi connectivity index (χ3v) is 7.54. The van der Waals surface area contributed by atoms with Gasteiger partial charge in [-0.15, -0.1) is 11.6 Å². The van der Waals surface area contributed by atoms with Crippen LogP contribution in [-0.4, -0.2) is 102 Å². The lowest BCUT2D eigenvalue weighted by Gasteiger charge is -2.31. The van der Waals surface area contributed by atoms with E-state index in [4.69, 9.17) is 11.6 Å². The van der Waals surface area contributed by atoms with E-state index in [9.17, 15) is 0 Å².